The topological polar surface area (TPSA) is 86.5 Å². The van der Waals surface area contributed by atoms with Gasteiger partial charge >= 0.3 is 0 Å². The molecule has 0 fully saturated rings. The summed E-state index contributed by atoms with van der Waals surface area (Å²) >= 11 is 7.25. The highest BCUT2D eigenvalue weighted by Gasteiger charge is 2.14. The maximum Gasteiger partial charge on any atom is 0.277 e. The van der Waals surface area contributed by atoms with Gasteiger partial charge in [-0.2, -0.15) is 0 Å². The Hall–Kier alpha value is -2.71. The minimum absolute atomic E-state index is 0.101. The van der Waals surface area contributed by atoms with Crippen molar-refractivity contribution in [3.05, 3.63) is 47.5 Å². The van der Waals surface area contributed by atoms with E-state index < -0.39 is 0 Å². The van der Waals surface area contributed by atoms with Crippen molar-refractivity contribution in [3.8, 4) is 23.0 Å². The molecular weight excluding hydrogens is 390 g/mol. The molecule has 0 aliphatic carbocycles. The molecule has 7 nitrogen and oxygen atoms in total. The number of amides is 1. The molecule has 1 amide bonds. The van der Waals surface area contributed by atoms with Gasteiger partial charge < -0.3 is 19.2 Å². The Bertz CT molecular complexity index is 926. The third kappa shape index (κ3) is 4.93. The minimum atomic E-state index is -0.229. The molecule has 1 aromatic heterocycles. The van der Waals surface area contributed by atoms with Crippen LogP contribution in [0.25, 0.3) is 11.5 Å². The van der Waals surface area contributed by atoms with Crippen molar-refractivity contribution in [1.29, 1.82) is 0 Å². The molecule has 3 aromatic rings. The lowest BCUT2D eigenvalue weighted by molar-refractivity contribution is -0.113. The van der Waals surface area contributed by atoms with Crippen molar-refractivity contribution < 1.29 is 18.7 Å². The van der Waals surface area contributed by atoms with E-state index in [0.29, 0.717) is 33.7 Å². The van der Waals surface area contributed by atoms with E-state index in [2.05, 4.69) is 15.5 Å². The van der Waals surface area contributed by atoms with Gasteiger partial charge in [0.05, 0.1) is 30.6 Å². The summed E-state index contributed by atoms with van der Waals surface area (Å²) < 4.78 is 15.9. The molecule has 0 bridgehead atoms. The van der Waals surface area contributed by atoms with Gasteiger partial charge in [-0.15, -0.1) is 10.2 Å². The highest BCUT2D eigenvalue weighted by atomic mass is 35.5. The lowest BCUT2D eigenvalue weighted by Crippen LogP contribution is -2.14. The van der Waals surface area contributed by atoms with Crippen LogP contribution >= 0.6 is 23.4 Å². The molecule has 0 saturated heterocycles. The first kappa shape index (κ1) is 19.1. The Balaban J connectivity index is 1.61. The van der Waals surface area contributed by atoms with Gasteiger partial charge in [-0.1, -0.05) is 35.5 Å². The third-order valence-corrected chi connectivity index (χ3v) is 4.62. The summed E-state index contributed by atoms with van der Waals surface area (Å²) in [4.78, 5) is 12.2. The lowest BCUT2D eigenvalue weighted by Gasteiger charge is -2.09. The second-order valence-corrected chi connectivity index (χ2v) is 6.62. The first-order valence-electron chi connectivity index (χ1n) is 7.83. The number of carbonyl (C=O) groups is 1. The van der Waals surface area contributed by atoms with E-state index in [-0.39, 0.29) is 16.9 Å². The number of thioether (sulfide) groups is 1. The van der Waals surface area contributed by atoms with E-state index in [0.717, 1.165) is 11.8 Å². The normalized spacial score (nSPS) is 10.5. The van der Waals surface area contributed by atoms with Crippen LogP contribution in [0.3, 0.4) is 0 Å². The number of hydrogen-bond donors (Lipinski definition) is 1. The van der Waals surface area contributed by atoms with E-state index in [1.54, 1.807) is 44.6 Å². The first-order valence-corrected chi connectivity index (χ1v) is 9.19. The van der Waals surface area contributed by atoms with Crippen molar-refractivity contribution in [2.24, 2.45) is 0 Å². The number of carbonyl (C=O) groups excluding carboxylic acids is 1. The molecular formula is C18H16ClN3O4S. The molecule has 3 rings (SSSR count). The molecule has 1 heterocycles. The molecule has 140 valence electrons. The third-order valence-electron chi connectivity index (χ3n) is 3.47. The number of nitrogens with zero attached hydrogens (tertiary/aromatic N) is 2. The lowest BCUT2D eigenvalue weighted by atomic mass is 10.2. The van der Waals surface area contributed by atoms with Crippen LogP contribution in [0.2, 0.25) is 5.02 Å². The first-order chi connectivity index (χ1) is 13.1. The minimum Gasteiger partial charge on any atom is -0.497 e. The highest BCUT2D eigenvalue weighted by molar-refractivity contribution is 7.99. The number of halogens is 1. The van der Waals surface area contributed by atoms with Gasteiger partial charge in [0.15, 0.2) is 0 Å². The van der Waals surface area contributed by atoms with Crippen LogP contribution in [0, 0.1) is 0 Å². The van der Waals surface area contributed by atoms with E-state index in [4.69, 9.17) is 25.5 Å². The standard InChI is InChI=1S/C18H16ClN3O4S/c1-24-12-7-11(8-13(9-12)25-2)20-16(23)10-27-18-22-21-17(26-18)14-5-3-4-6-15(14)19/h3-9H,10H2,1-2H3,(H,20,23). The fraction of sp³-hybridized carbons (Fsp3) is 0.167. The van der Waals surface area contributed by atoms with Crippen LogP contribution in [0.1, 0.15) is 0 Å². The van der Waals surface area contributed by atoms with E-state index >= 15 is 0 Å². The number of aromatic nitrogens is 2. The van der Waals surface area contributed by atoms with Crippen LogP contribution in [-0.2, 0) is 4.79 Å². The van der Waals surface area contributed by atoms with Gasteiger partial charge in [0.1, 0.15) is 11.5 Å². The average Bonchev–Trinajstić information content (AvgIpc) is 3.15. The van der Waals surface area contributed by atoms with Gasteiger partial charge in [0, 0.05) is 23.9 Å². The molecule has 0 atom stereocenters. The Kier molecular flexibility index (Phi) is 6.20. The summed E-state index contributed by atoms with van der Waals surface area (Å²) in [6, 6.07) is 12.3. The van der Waals surface area contributed by atoms with Crippen LogP contribution in [0.15, 0.2) is 52.1 Å². The monoisotopic (exact) mass is 405 g/mol. The fourth-order valence-corrected chi connectivity index (χ4v) is 3.00. The van der Waals surface area contributed by atoms with Crippen LogP contribution in [0.4, 0.5) is 5.69 Å². The largest absolute Gasteiger partial charge is 0.497 e. The molecule has 0 radical (unpaired) electrons. The molecule has 0 aliphatic rings. The fourth-order valence-electron chi connectivity index (χ4n) is 2.22. The summed E-state index contributed by atoms with van der Waals surface area (Å²) in [5, 5.41) is 11.5. The summed E-state index contributed by atoms with van der Waals surface area (Å²) in [7, 11) is 3.09. The van der Waals surface area contributed by atoms with Crippen molar-refractivity contribution in [2.45, 2.75) is 5.22 Å². The number of anilines is 1. The van der Waals surface area contributed by atoms with Crippen LogP contribution in [-0.4, -0.2) is 36.1 Å². The van der Waals surface area contributed by atoms with Gasteiger partial charge in [0.2, 0.25) is 11.8 Å². The number of ether oxygens (including phenoxy) is 2. The second kappa shape index (κ2) is 8.79. The quantitative estimate of drug-likeness (QED) is 0.591. The Labute approximate surface area is 165 Å². The zero-order valence-electron chi connectivity index (χ0n) is 14.6. The Morgan fingerprint density at radius 3 is 2.52 bits per heavy atom. The van der Waals surface area contributed by atoms with E-state index in [1.165, 1.54) is 0 Å². The summed E-state index contributed by atoms with van der Waals surface area (Å²) in [5.41, 5.74) is 1.21. The van der Waals surface area contributed by atoms with Gasteiger partial charge in [0.25, 0.3) is 5.22 Å². The van der Waals surface area contributed by atoms with Crippen LogP contribution < -0.4 is 14.8 Å². The van der Waals surface area contributed by atoms with E-state index in [1.807, 2.05) is 12.1 Å². The number of nitrogens with one attached hydrogen (secondary N) is 1. The van der Waals surface area contributed by atoms with Crippen molar-refractivity contribution >= 4 is 35.0 Å². The zero-order chi connectivity index (χ0) is 19.2. The molecule has 9 heteroatoms. The number of benzene rings is 2. The van der Waals surface area contributed by atoms with Gasteiger partial charge in [-0.3, -0.25) is 4.79 Å². The maximum absolute atomic E-state index is 12.2. The van der Waals surface area contributed by atoms with Crippen LogP contribution in [0.5, 0.6) is 11.5 Å². The van der Waals surface area contributed by atoms with E-state index in [9.17, 15) is 4.79 Å². The Morgan fingerprint density at radius 1 is 1.15 bits per heavy atom. The summed E-state index contributed by atoms with van der Waals surface area (Å²) in [6.45, 7) is 0. The zero-order valence-corrected chi connectivity index (χ0v) is 16.1. The molecule has 1 N–H and O–H groups in total. The van der Waals surface area contributed by atoms with Crippen molar-refractivity contribution in [1.82, 2.24) is 10.2 Å². The predicted octanol–water partition coefficient (Wildman–Crippen LogP) is 4.14. The highest BCUT2D eigenvalue weighted by Crippen LogP contribution is 2.29. The molecule has 0 saturated carbocycles. The molecule has 0 aliphatic heterocycles. The van der Waals surface area contributed by atoms with Gasteiger partial charge in [-0.25, -0.2) is 0 Å². The SMILES string of the molecule is COc1cc(NC(=O)CSc2nnc(-c3ccccc3Cl)o2)cc(OC)c1. The number of hydrogen-bond acceptors (Lipinski definition) is 7. The molecule has 27 heavy (non-hydrogen) atoms. The molecule has 2 aromatic carbocycles. The predicted molar refractivity (Wildman–Crippen MR) is 104 cm³/mol. The average molecular weight is 406 g/mol. The second-order valence-electron chi connectivity index (χ2n) is 5.29. The Morgan fingerprint density at radius 2 is 1.85 bits per heavy atom. The summed E-state index contributed by atoms with van der Waals surface area (Å²) in [6.07, 6.45) is 0. The molecule has 0 spiro atoms. The van der Waals surface area contributed by atoms with Crippen molar-refractivity contribution in [2.75, 3.05) is 25.3 Å². The summed E-state index contributed by atoms with van der Waals surface area (Å²) in [5.74, 6) is 1.34. The number of rotatable bonds is 7. The molecule has 0 unspecified atom stereocenters. The number of methoxy groups -OCH3 is 2. The smallest absolute Gasteiger partial charge is 0.277 e. The van der Waals surface area contributed by atoms with Gasteiger partial charge in [-0.05, 0) is 12.1 Å². The van der Waals surface area contributed by atoms with Crippen molar-refractivity contribution in [3.63, 3.8) is 0 Å². The maximum atomic E-state index is 12.2.